The molecule has 0 unspecified atom stereocenters. The second kappa shape index (κ2) is 12.9. The third-order valence-electron chi connectivity index (χ3n) is 5.98. The quantitative estimate of drug-likeness (QED) is 0.326. The molecule has 0 heterocycles. The lowest BCUT2D eigenvalue weighted by Crippen LogP contribution is -2.51. The van der Waals surface area contributed by atoms with Gasteiger partial charge < -0.3 is 10.2 Å². The van der Waals surface area contributed by atoms with Gasteiger partial charge in [-0.05, 0) is 43.0 Å². The number of nitrogens with one attached hydrogen (secondary N) is 1. The maximum absolute atomic E-state index is 13.9. The van der Waals surface area contributed by atoms with Crippen molar-refractivity contribution in [1.29, 1.82) is 0 Å². The topological polar surface area (TPSA) is 49.4 Å². The van der Waals surface area contributed by atoms with Crippen LogP contribution in [0.1, 0.15) is 41.7 Å². The highest BCUT2D eigenvalue weighted by atomic mass is 35.5. The Hall–Kier alpha value is -2.82. The van der Waals surface area contributed by atoms with Gasteiger partial charge in [-0.1, -0.05) is 103 Å². The number of nitrogens with zero attached hydrogens (tertiary/aromatic N) is 1. The highest BCUT2D eigenvalue weighted by molar-refractivity contribution is 6.36. The second-order valence-corrected chi connectivity index (χ2v) is 10.6. The standard InChI is InChI=1S/C30H34Cl2N2O2/c1-20(2)18-33-30(36)28(16-23-9-6-5-7-10-23)34(19-25-26(31)11-8-12-27(25)32)29(35)17-24-14-21(3)13-22(4)15-24/h5-15,20,28H,16-19H2,1-4H3,(H,33,36)/t28-/m0/s1. The third-order valence-corrected chi connectivity index (χ3v) is 6.69. The number of aryl methyl sites for hydroxylation is 2. The van der Waals surface area contributed by atoms with E-state index < -0.39 is 6.04 Å². The Morgan fingerprint density at radius 1 is 0.861 bits per heavy atom. The van der Waals surface area contributed by atoms with Gasteiger partial charge in [-0.3, -0.25) is 9.59 Å². The molecule has 6 heteroatoms. The average molecular weight is 526 g/mol. The molecule has 0 saturated carbocycles. The molecule has 0 fully saturated rings. The zero-order chi connectivity index (χ0) is 26.2. The lowest BCUT2D eigenvalue weighted by Gasteiger charge is -2.32. The van der Waals surface area contributed by atoms with E-state index >= 15 is 0 Å². The summed E-state index contributed by atoms with van der Waals surface area (Å²) in [5, 5.41) is 3.97. The van der Waals surface area contributed by atoms with Crippen molar-refractivity contribution in [2.24, 2.45) is 5.92 Å². The Kier molecular flexibility index (Phi) is 9.98. The fourth-order valence-corrected chi connectivity index (χ4v) is 4.79. The predicted molar refractivity (Wildman–Crippen MR) is 148 cm³/mol. The summed E-state index contributed by atoms with van der Waals surface area (Å²) in [6.45, 7) is 8.77. The van der Waals surface area contributed by atoms with Crippen molar-refractivity contribution in [2.75, 3.05) is 6.54 Å². The van der Waals surface area contributed by atoms with Crippen molar-refractivity contribution in [2.45, 2.75) is 53.1 Å². The molecule has 3 rings (SSSR count). The van der Waals surface area contributed by atoms with Crippen LogP contribution in [-0.2, 0) is 29.0 Å². The molecule has 3 aromatic carbocycles. The first kappa shape index (κ1) is 27.8. The van der Waals surface area contributed by atoms with Crippen LogP contribution in [-0.4, -0.2) is 29.3 Å². The van der Waals surface area contributed by atoms with Gasteiger partial charge in [0.15, 0.2) is 0 Å². The molecular formula is C30H34Cl2N2O2. The van der Waals surface area contributed by atoms with Crippen molar-refractivity contribution in [3.05, 3.63) is 105 Å². The van der Waals surface area contributed by atoms with Crippen molar-refractivity contribution in [1.82, 2.24) is 10.2 Å². The summed E-state index contributed by atoms with van der Waals surface area (Å²) < 4.78 is 0. The minimum atomic E-state index is -0.725. The van der Waals surface area contributed by atoms with Gasteiger partial charge in [0, 0.05) is 35.1 Å². The summed E-state index contributed by atoms with van der Waals surface area (Å²) in [6.07, 6.45) is 0.554. The van der Waals surface area contributed by atoms with Gasteiger partial charge in [-0.25, -0.2) is 0 Å². The monoisotopic (exact) mass is 524 g/mol. The van der Waals surface area contributed by atoms with Gasteiger partial charge in [-0.15, -0.1) is 0 Å². The maximum Gasteiger partial charge on any atom is 0.243 e. The van der Waals surface area contributed by atoms with Crippen LogP contribution >= 0.6 is 23.2 Å². The number of rotatable bonds is 10. The fourth-order valence-electron chi connectivity index (χ4n) is 4.28. The zero-order valence-electron chi connectivity index (χ0n) is 21.4. The van der Waals surface area contributed by atoms with Crippen molar-refractivity contribution in [3.8, 4) is 0 Å². The van der Waals surface area contributed by atoms with E-state index in [-0.39, 0.29) is 30.7 Å². The van der Waals surface area contributed by atoms with Crippen LogP contribution in [0.2, 0.25) is 10.0 Å². The maximum atomic E-state index is 13.9. The second-order valence-electron chi connectivity index (χ2n) is 9.74. The minimum Gasteiger partial charge on any atom is -0.354 e. The van der Waals surface area contributed by atoms with Gasteiger partial charge in [0.05, 0.1) is 6.42 Å². The zero-order valence-corrected chi connectivity index (χ0v) is 22.9. The van der Waals surface area contributed by atoms with E-state index in [1.165, 1.54) is 0 Å². The molecule has 190 valence electrons. The predicted octanol–water partition coefficient (Wildman–Crippen LogP) is 6.57. The number of hydrogen-bond acceptors (Lipinski definition) is 2. The molecule has 1 atom stereocenters. The number of amides is 2. The van der Waals surface area contributed by atoms with Gasteiger partial charge in [-0.2, -0.15) is 0 Å². The summed E-state index contributed by atoms with van der Waals surface area (Å²) in [5.74, 6) is -0.0649. The first-order chi connectivity index (χ1) is 17.1. The molecule has 0 aliphatic heterocycles. The molecule has 4 nitrogen and oxygen atoms in total. The third kappa shape index (κ3) is 7.84. The van der Waals surface area contributed by atoms with Crippen LogP contribution in [0.5, 0.6) is 0 Å². The Bertz CT molecular complexity index is 1150. The van der Waals surface area contributed by atoms with Gasteiger partial charge >= 0.3 is 0 Å². The molecule has 0 spiro atoms. The molecule has 0 aromatic heterocycles. The minimum absolute atomic E-state index is 0.134. The van der Waals surface area contributed by atoms with Crippen molar-refractivity contribution < 1.29 is 9.59 Å². The fraction of sp³-hybridized carbons (Fsp3) is 0.333. The van der Waals surface area contributed by atoms with E-state index in [9.17, 15) is 9.59 Å². The van der Waals surface area contributed by atoms with E-state index in [0.717, 1.165) is 22.3 Å². The van der Waals surface area contributed by atoms with Crippen LogP contribution < -0.4 is 5.32 Å². The number of benzene rings is 3. The van der Waals surface area contributed by atoms with Crippen LogP contribution in [0.25, 0.3) is 0 Å². The van der Waals surface area contributed by atoms with E-state index in [0.29, 0.717) is 28.6 Å². The molecule has 0 radical (unpaired) electrons. The van der Waals surface area contributed by atoms with Crippen LogP contribution in [0.4, 0.5) is 0 Å². The van der Waals surface area contributed by atoms with Crippen LogP contribution in [0.3, 0.4) is 0 Å². The highest BCUT2D eigenvalue weighted by Gasteiger charge is 2.31. The number of hydrogen-bond donors (Lipinski definition) is 1. The summed E-state index contributed by atoms with van der Waals surface area (Å²) in [7, 11) is 0. The molecule has 0 aliphatic rings. The summed E-state index contributed by atoms with van der Waals surface area (Å²) in [5.41, 5.74) is 4.69. The molecule has 3 aromatic rings. The van der Waals surface area contributed by atoms with Gasteiger partial charge in [0.25, 0.3) is 0 Å². The molecular weight excluding hydrogens is 491 g/mol. The largest absolute Gasteiger partial charge is 0.354 e. The number of carbonyl (C=O) groups excluding carboxylic acids is 2. The normalized spacial score (nSPS) is 11.9. The van der Waals surface area contributed by atoms with Crippen LogP contribution in [0.15, 0.2) is 66.7 Å². The van der Waals surface area contributed by atoms with Crippen molar-refractivity contribution in [3.63, 3.8) is 0 Å². The summed E-state index contributed by atoms with van der Waals surface area (Å²) in [4.78, 5) is 29.1. The molecule has 1 N–H and O–H groups in total. The van der Waals surface area contributed by atoms with Gasteiger partial charge in [0.1, 0.15) is 6.04 Å². The molecule has 36 heavy (non-hydrogen) atoms. The Labute approximate surface area is 224 Å². The first-order valence-corrected chi connectivity index (χ1v) is 13.0. The van der Waals surface area contributed by atoms with E-state index in [2.05, 4.69) is 11.4 Å². The molecule has 0 bridgehead atoms. The van der Waals surface area contributed by atoms with Crippen LogP contribution in [0, 0.1) is 19.8 Å². The summed E-state index contributed by atoms with van der Waals surface area (Å²) in [6, 6.07) is 20.4. The number of carbonyl (C=O) groups is 2. The average Bonchev–Trinajstić information content (AvgIpc) is 2.81. The SMILES string of the molecule is Cc1cc(C)cc(CC(=O)N(Cc2c(Cl)cccc2Cl)[C@@H](Cc2ccccc2)C(=O)NCC(C)C)c1. The van der Waals surface area contributed by atoms with Gasteiger partial charge in [0.2, 0.25) is 11.8 Å². The van der Waals surface area contributed by atoms with Crippen molar-refractivity contribution >= 4 is 35.0 Å². The Morgan fingerprint density at radius 2 is 1.47 bits per heavy atom. The lowest BCUT2D eigenvalue weighted by molar-refractivity contribution is -0.140. The first-order valence-electron chi connectivity index (χ1n) is 12.2. The smallest absolute Gasteiger partial charge is 0.243 e. The Balaban J connectivity index is 2.02. The lowest BCUT2D eigenvalue weighted by atomic mass is 10.00. The van der Waals surface area contributed by atoms with E-state index in [1.54, 1.807) is 23.1 Å². The molecule has 0 aliphatic carbocycles. The highest BCUT2D eigenvalue weighted by Crippen LogP contribution is 2.27. The van der Waals surface area contributed by atoms with E-state index in [4.69, 9.17) is 23.2 Å². The molecule has 0 saturated heterocycles. The number of halogens is 2. The molecule has 2 amide bonds. The Morgan fingerprint density at radius 3 is 2.06 bits per heavy atom. The summed E-state index contributed by atoms with van der Waals surface area (Å²) >= 11 is 13.0. The van der Waals surface area contributed by atoms with E-state index in [1.807, 2.05) is 70.2 Å².